The first kappa shape index (κ1) is 9.90. The lowest BCUT2D eigenvalue weighted by molar-refractivity contribution is -0.122. The van der Waals surface area contributed by atoms with Crippen LogP contribution in [0, 0.1) is 0 Å². The largest absolute Gasteiger partial charge is 0.343 e. The highest BCUT2D eigenvalue weighted by Gasteiger charge is 2.43. The maximum atomic E-state index is 11.6. The maximum absolute atomic E-state index is 11.6. The van der Waals surface area contributed by atoms with Gasteiger partial charge in [0, 0.05) is 0 Å². The van der Waals surface area contributed by atoms with Gasteiger partial charge in [0.2, 0.25) is 5.91 Å². The number of hydrogen-bond donors (Lipinski definition) is 1. The van der Waals surface area contributed by atoms with Gasteiger partial charge >= 0.3 is 0 Å². The average molecular weight is 187 g/mol. The molecule has 0 spiro atoms. The normalized spacial score (nSPS) is 27.2. The molecule has 12 heavy (non-hydrogen) atoms. The standard InChI is InChI=1S/C9H17NOS/c1-4-7-10-8(11)9(5-2,6-3)12-7/h7H,4-6H2,1-3H3,(H,10,11). The van der Waals surface area contributed by atoms with Gasteiger partial charge in [-0.15, -0.1) is 11.8 Å². The van der Waals surface area contributed by atoms with Crippen LogP contribution in [0.5, 0.6) is 0 Å². The molecule has 2 nitrogen and oxygen atoms in total. The summed E-state index contributed by atoms with van der Waals surface area (Å²) in [6.07, 6.45) is 2.91. The fourth-order valence-corrected chi connectivity index (χ4v) is 2.93. The van der Waals surface area contributed by atoms with Gasteiger partial charge in [-0.2, -0.15) is 0 Å². The summed E-state index contributed by atoms with van der Waals surface area (Å²) in [6, 6.07) is 0. The van der Waals surface area contributed by atoms with E-state index in [-0.39, 0.29) is 10.7 Å². The number of carbonyl (C=O) groups is 1. The molecule has 1 saturated heterocycles. The molecule has 1 N–H and O–H groups in total. The van der Waals surface area contributed by atoms with Crippen LogP contribution in [0.1, 0.15) is 40.0 Å². The second kappa shape index (κ2) is 3.69. The summed E-state index contributed by atoms with van der Waals surface area (Å²) in [4.78, 5) is 11.6. The quantitative estimate of drug-likeness (QED) is 0.733. The van der Waals surface area contributed by atoms with Crippen molar-refractivity contribution in [1.29, 1.82) is 0 Å². The topological polar surface area (TPSA) is 29.1 Å². The van der Waals surface area contributed by atoms with Gasteiger partial charge < -0.3 is 5.32 Å². The Morgan fingerprint density at radius 1 is 1.42 bits per heavy atom. The van der Waals surface area contributed by atoms with Crippen LogP contribution in [0.2, 0.25) is 0 Å². The molecule has 0 radical (unpaired) electrons. The highest BCUT2D eigenvalue weighted by Crippen LogP contribution is 2.41. The Morgan fingerprint density at radius 2 is 2.00 bits per heavy atom. The zero-order valence-electron chi connectivity index (χ0n) is 8.02. The number of rotatable bonds is 3. The van der Waals surface area contributed by atoms with Gasteiger partial charge in [0.05, 0.1) is 10.1 Å². The van der Waals surface area contributed by atoms with E-state index in [2.05, 4.69) is 26.1 Å². The molecule has 70 valence electrons. The zero-order chi connectivity index (χ0) is 9.19. The first-order valence-electron chi connectivity index (χ1n) is 4.67. The molecule has 0 aromatic rings. The van der Waals surface area contributed by atoms with Crippen LogP contribution in [0.15, 0.2) is 0 Å². The number of amides is 1. The Balaban J connectivity index is 2.72. The van der Waals surface area contributed by atoms with Crippen LogP contribution in [-0.4, -0.2) is 16.0 Å². The molecule has 1 aliphatic heterocycles. The number of thioether (sulfide) groups is 1. The summed E-state index contributed by atoms with van der Waals surface area (Å²) < 4.78 is -0.124. The second-order valence-corrected chi connectivity index (χ2v) is 4.78. The monoisotopic (exact) mass is 187 g/mol. The first-order valence-corrected chi connectivity index (χ1v) is 5.55. The van der Waals surface area contributed by atoms with Crippen LogP contribution in [0.4, 0.5) is 0 Å². The van der Waals surface area contributed by atoms with Crippen LogP contribution in [-0.2, 0) is 4.79 Å². The number of carbonyl (C=O) groups excluding carboxylic acids is 1. The van der Waals surface area contributed by atoms with Crippen molar-refractivity contribution in [3.8, 4) is 0 Å². The Bertz CT molecular complexity index is 177. The van der Waals surface area contributed by atoms with Crippen LogP contribution < -0.4 is 5.32 Å². The van der Waals surface area contributed by atoms with E-state index >= 15 is 0 Å². The molecule has 0 saturated carbocycles. The predicted molar refractivity (Wildman–Crippen MR) is 53.1 cm³/mol. The third-order valence-electron chi connectivity index (χ3n) is 2.59. The van der Waals surface area contributed by atoms with Crippen molar-refractivity contribution in [2.75, 3.05) is 0 Å². The molecule has 0 aromatic heterocycles. The van der Waals surface area contributed by atoms with Crippen LogP contribution in [0.3, 0.4) is 0 Å². The minimum Gasteiger partial charge on any atom is -0.343 e. The summed E-state index contributed by atoms with van der Waals surface area (Å²) in [5.41, 5.74) is 0. The highest BCUT2D eigenvalue weighted by molar-refractivity contribution is 8.02. The SMILES string of the molecule is CCC1NC(=O)C(CC)(CC)S1. The van der Waals surface area contributed by atoms with Gasteiger partial charge in [0.25, 0.3) is 0 Å². The minimum absolute atomic E-state index is 0.124. The Labute approximate surface area is 78.5 Å². The summed E-state index contributed by atoms with van der Waals surface area (Å²) >= 11 is 1.81. The molecule has 3 heteroatoms. The summed E-state index contributed by atoms with van der Waals surface area (Å²) in [5.74, 6) is 0.240. The molecule has 1 rings (SSSR count). The molecule has 1 unspecified atom stereocenters. The summed E-state index contributed by atoms with van der Waals surface area (Å²) in [7, 11) is 0. The van der Waals surface area contributed by atoms with Gasteiger partial charge in [-0.25, -0.2) is 0 Å². The fourth-order valence-electron chi connectivity index (χ4n) is 1.56. The van der Waals surface area contributed by atoms with Crippen molar-refractivity contribution in [3.05, 3.63) is 0 Å². The molecule has 0 bridgehead atoms. The van der Waals surface area contributed by atoms with Crippen LogP contribution in [0.25, 0.3) is 0 Å². The first-order chi connectivity index (χ1) is 5.68. The van der Waals surface area contributed by atoms with Crippen molar-refractivity contribution in [2.45, 2.75) is 50.2 Å². The lowest BCUT2D eigenvalue weighted by Gasteiger charge is -2.21. The number of hydrogen-bond acceptors (Lipinski definition) is 2. The second-order valence-electron chi connectivity index (χ2n) is 3.19. The van der Waals surface area contributed by atoms with E-state index in [0.717, 1.165) is 19.3 Å². The molecule has 0 aliphatic carbocycles. The Morgan fingerprint density at radius 3 is 2.25 bits per heavy atom. The van der Waals surface area contributed by atoms with E-state index in [9.17, 15) is 4.79 Å². The molecule has 1 fully saturated rings. The van der Waals surface area contributed by atoms with E-state index < -0.39 is 0 Å². The van der Waals surface area contributed by atoms with E-state index in [1.165, 1.54) is 0 Å². The van der Waals surface area contributed by atoms with Gasteiger partial charge in [0.15, 0.2) is 0 Å². The third kappa shape index (κ3) is 1.47. The van der Waals surface area contributed by atoms with E-state index in [4.69, 9.17) is 0 Å². The lowest BCUT2D eigenvalue weighted by atomic mass is 10.0. The molecule has 1 heterocycles. The molecule has 1 amide bonds. The highest BCUT2D eigenvalue weighted by atomic mass is 32.2. The van der Waals surface area contributed by atoms with E-state index in [0.29, 0.717) is 5.37 Å². The molecular formula is C9H17NOS. The Hall–Kier alpha value is -0.180. The van der Waals surface area contributed by atoms with Crippen molar-refractivity contribution in [2.24, 2.45) is 0 Å². The van der Waals surface area contributed by atoms with Gasteiger partial charge in [0.1, 0.15) is 0 Å². The van der Waals surface area contributed by atoms with Gasteiger partial charge in [-0.3, -0.25) is 4.79 Å². The predicted octanol–water partition coefficient (Wildman–Crippen LogP) is 2.14. The van der Waals surface area contributed by atoms with Crippen molar-refractivity contribution in [3.63, 3.8) is 0 Å². The van der Waals surface area contributed by atoms with E-state index in [1.807, 2.05) is 0 Å². The molecule has 1 aliphatic rings. The average Bonchev–Trinajstić information content (AvgIpc) is 2.43. The zero-order valence-corrected chi connectivity index (χ0v) is 8.83. The molecule has 1 atom stereocenters. The maximum Gasteiger partial charge on any atom is 0.237 e. The molecule has 0 aromatic carbocycles. The number of nitrogens with one attached hydrogen (secondary N) is 1. The summed E-state index contributed by atoms with van der Waals surface area (Å²) in [5, 5.41) is 3.37. The third-order valence-corrected chi connectivity index (χ3v) is 4.54. The Kier molecular flexibility index (Phi) is 3.04. The fraction of sp³-hybridized carbons (Fsp3) is 0.889. The van der Waals surface area contributed by atoms with Crippen molar-refractivity contribution >= 4 is 17.7 Å². The van der Waals surface area contributed by atoms with Gasteiger partial charge in [-0.05, 0) is 19.3 Å². The summed E-state index contributed by atoms with van der Waals surface area (Å²) in [6.45, 7) is 6.29. The van der Waals surface area contributed by atoms with Crippen molar-refractivity contribution < 1.29 is 4.79 Å². The smallest absolute Gasteiger partial charge is 0.237 e. The van der Waals surface area contributed by atoms with Gasteiger partial charge in [-0.1, -0.05) is 20.8 Å². The van der Waals surface area contributed by atoms with E-state index in [1.54, 1.807) is 11.8 Å². The van der Waals surface area contributed by atoms with Crippen LogP contribution >= 0.6 is 11.8 Å². The molecular weight excluding hydrogens is 170 g/mol. The minimum atomic E-state index is -0.124. The van der Waals surface area contributed by atoms with Crippen molar-refractivity contribution in [1.82, 2.24) is 5.32 Å². The lowest BCUT2D eigenvalue weighted by Crippen LogP contribution is -2.35.